The van der Waals surface area contributed by atoms with Crippen LogP contribution in [0.5, 0.6) is 0 Å². The van der Waals surface area contributed by atoms with Gasteiger partial charge in [-0.25, -0.2) is 18.1 Å². The van der Waals surface area contributed by atoms with Crippen LogP contribution in [0.4, 0.5) is 5.82 Å². The van der Waals surface area contributed by atoms with Gasteiger partial charge in [0.05, 0.1) is 0 Å². The first kappa shape index (κ1) is 15.9. The average molecular weight is 285 g/mol. The Balaban J connectivity index is 3.14. The lowest BCUT2D eigenvalue weighted by Crippen LogP contribution is -2.45. The van der Waals surface area contributed by atoms with E-state index in [0.717, 1.165) is 12.8 Å². The molecule has 0 unspecified atom stereocenters. The average Bonchev–Trinajstić information content (AvgIpc) is 2.39. The molecule has 0 atom stereocenters. The van der Waals surface area contributed by atoms with Gasteiger partial charge >= 0.3 is 0 Å². The number of nitrogens with one attached hydrogen (secondary N) is 2. The van der Waals surface area contributed by atoms with Gasteiger partial charge in [0, 0.05) is 18.3 Å². The van der Waals surface area contributed by atoms with Gasteiger partial charge in [-0.2, -0.15) is 0 Å². The van der Waals surface area contributed by atoms with Gasteiger partial charge in [0.25, 0.3) is 0 Å². The summed E-state index contributed by atoms with van der Waals surface area (Å²) in [5, 5.41) is 2.97. The Hall–Kier alpha value is -1.14. The highest BCUT2D eigenvalue weighted by atomic mass is 32.2. The highest BCUT2D eigenvalue weighted by Crippen LogP contribution is 2.22. The van der Waals surface area contributed by atoms with E-state index in [1.807, 2.05) is 27.7 Å². The minimum absolute atomic E-state index is 0.199. The number of pyridine rings is 1. The fourth-order valence-electron chi connectivity index (χ4n) is 1.68. The van der Waals surface area contributed by atoms with Crippen LogP contribution in [0.15, 0.2) is 23.2 Å². The van der Waals surface area contributed by atoms with E-state index in [1.54, 1.807) is 18.3 Å². The number of rotatable bonds is 7. The molecule has 108 valence electrons. The third-order valence-electron chi connectivity index (χ3n) is 3.35. The van der Waals surface area contributed by atoms with Gasteiger partial charge in [-0.05, 0) is 38.8 Å². The van der Waals surface area contributed by atoms with Gasteiger partial charge in [-0.15, -0.1) is 0 Å². The summed E-state index contributed by atoms with van der Waals surface area (Å²) in [6.45, 7) is 8.38. The molecule has 0 aliphatic heterocycles. The van der Waals surface area contributed by atoms with E-state index in [1.165, 1.54) is 0 Å². The Morgan fingerprint density at radius 1 is 1.26 bits per heavy atom. The molecule has 0 aromatic carbocycles. The van der Waals surface area contributed by atoms with Gasteiger partial charge in [-0.3, -0.25) is 0 Å². The summed E-state index contributed by atoms with van der Waals surface area (Å²) in [6.07, 6.45) is 3.05. The van der Waals surface area contributed by atoms with Gasteiger partial charge < -0.3 is 5.32 Å². The van der Waals surface area contributed by atoms with E-state index in [-0.39, 0.29) is 4.90 Å². The fraction of sp³-hybridized carbons (Fsp3) is 0.615. The van der Waals surface area contributed by atoms with Crippen LogP contribution in [0.3, 0.4) is 0 Å². The number of hydrogen-bond acceptors (Lipinski definition) is 4. The fourth-order valence-corrected chi connectivity index (χ4v) is 3.37. The molecule has 5 nitrogen and oxygen atoms in total. The van der Waals surface area contributed by atoms with E-state index >= 15 is 0 Å². The number of nitrogens with zero attached hydrogens (tertiary/aromatic N) is 1. The van der Waals surface area contributed by atoms with E-state index in [0.29, 0.717) is 12.4 Å². The van der Waals surface area contributed by atoms with Crippen LogP contribution in [0, 0.1) is 0 Å². The van der Waals surface area contributed by atoms with Crippen molar-refractivity contribution in [1.29, 1.82) is 0 Å². The standard InChI is InChI=1S/C13H23N3O2S/c1-5-13(4,6-2)16-19(17,18)11-9-8-10-15-12(11)14-7-3/h8-10,16H,5-7H2,1-4H3,(H,14,15). The molecule has 1 rings (SSSR count). The van der Waals surface area contributed by atoms with Crippen LogP contribution in [-0.4, -0.2) is 25.5 Å². The maximum atomic E-state index is 12.5. The molecule has 0 saturated heterocycles. The molecule has 0 amide bonds. The van der Waals surface area contributed by atoms with Gasteiger partial charge in [-0.1, -0.05) is 13.8 Å². The lowest BCUT2D eigenvalue weighted by molar-refractivity contribution is 0.389. The van der Waals surface area contributed by atoms with Gasteiger partial charge in [0.15, 0.2) is 0 Å². The van der Waals surface area contributed by atoms with E-state index < -0.39 is 15.6 Å². The third-order valence-corrected chi connectivity index (χ3v) is 5.02. The number of hydrogen-bond donors (Lipinski definition) is 2. The van der Waals surface area contributed by atoms with Crippen molar-refractivity contribution in [2.24, 2.45) is 0 Å². The van der Waals surface area contributed by atoms with Crippen molar-refractivity contribution in [3.63, 3.8) is 0 Å². The summed E-state index contributed by atoms with van der Waals surface area (Å²) in [4.78, 5) is 4.29. The molecule has 0 bridgehead atoms. The predicted octanol–water partition coefficient (Wildman–Crippen LogP) is 2.37. The Morgan fingerprint density at radius 2 is 1.89 bits per heavy atom. The van der Waals surface area contributed by atoms with Gasteiger partial charge in [0.1, 0.15) is 10.7 Å². The topological polar surface area (TPSA) is 71.1 Å². The van der Waals surface area contributed by atoms with Crippen molar-refractivity contribution in [1.82, 2.24) is 9.71 Å². The normalized spacial score (nSPS) is 12.4. The lowest BCUT2D eigenvalue weighted by atomic mass is 9.98. The van der Waals surface area contributed by atoms with Crippen LogP contribution < -0.4 is 10.0 Å². The second-order valence-electron chi connectivity index (χ2n) is 4.75. The number of sulfonamides is 1. The zero-order valence-corrected chi connectivity index (χ0v) is 12.8. The smallest absolute Gasteiger partial charge is 0.244 e. The minimum Gasteiger partial charge on any atom is -0.369 e. The second-order valence-corrected chi connectivity index (χ2v) is 6.40. The van der Waals surface area contributed by atoms with Gasteiger partial charge in [0.2, 0.25) is 10.0 Å². The summed E-state index contributed by atoms with van der Waals surface area (Å²) < 4.78 is 27.7. The third kappa shape index (κ3) is 3.91. The minimum atomic E-state index is -3.57. The highest BCUT2D eigenvalue weighted by molar-refractivity contribution is 7.89. The van der Waals surface area contributed by atoms with Crippen LogP contribution in [0.1, 0.15) is 40.5 Å². The molecule has 1 aromatic heterocycles. The molecule has 2 N–H and O–H groups in total. The first-order valence-corrected chi connectivity index (χ1v) is 8.09. The molecule has 6 heteroatoms. The second kappa shape index (κ2) is 6.34. The quantitative estimate of drug-likeness (QED) is 0.807. The summed E-state index contributed by atoms with van der Waals surface area (Å²) in [5.41, 5.74) is -0.432. The number of anilines is 1. The molecule has 0 spiro atoms. The van der Waals surface area contributed by atoms with E-state index in [4.69, 9.17) is 0 Å². The SMILES string of the molecule is CCNc1ncccc1S(=O)(=O)NC(C)(CC)CC. The molecule has 0 aliphatic rings. The zero-order chi connectivity index (χ0) is 14.5. The molecular formula is C13H23N3O2S. The van der Waals surface area contributed by atoms with E-state index in [9.17, 15) is 8.42 Å². The molecular weight excluding hydrogens is 262 g/mol. The van der Waals surface area contributed by atoms with Crippen molar-refractivity contribution in [3.05, 3.63) is 18.3 Å². The van der Waals surface area contributed by atoms with Crippen molar-refractivity contribution >= 4 is 15.8 Å². The lowest BCUT2D eigenvalue weighted by Gasteiger charge is -2.28. The van der Waals surface area contributed by atoms with Crippen molar-refractivity contribution in [2.75, 3.05) is 11.9 Å². The van der Waals surface area contributed by atoms with Crippen molar-refractivity contribution in [2.45, 2.75) is 51.0 Å². The molecule has 1 heterocycles. The molecule has 0 fully saturated rings. The predicted molar refractivity (Wildman–Crippen MR) is 77.7 cm³/mol. The molecule has 0 aliphatic carbocycles. The highest BCUT2D eigenvalue weighted by Gasteiger charge is 2.29. The Labute approximate surface area is 115 Å². The van der Waals surface area contributed by atoms with Crippen molar-refractivity contribution < 1.29 is 8.42 Å². The molecule has 0 radical (unpaired) electrons. The summed E-state index contributed by atoms with van der Waals surface area (Å²) in [6, 6.07) is 3.20. The summed E-state index contributed by atoms with van der Waals surface area (Å²) >= 11 is 0. The maximum absolute atomic E-state index is 12.5. The van der Waals surface area contributed by atoms with Crippen LogP contribution in [-0.2, 0) is 10.0 Å². The van der Waals surface area contributed by atoms with Crippen LogP contribution in [0.25, 0.3) is 0 Å². The first-order valence-electron chi connectivity index (χ1n) is 6.61. The molecule has 1 aromatic rings. The Morgan fingerprint density at radius 3 is 2.42 bits per heavy atom. The van der Waals surface area contributed by atoms with Crippen LogP contribution >= 0.6 is 0 Å². The molecule has 19 heavy (non-hydrogen) atoms. The maximum Gasteiger partial charge on any atom is 0.244 e. The Bertz CT molecular complexity index is 510. The Kier molecular flexibility index (Phi) is 5.31. The number of aromatic nitrogens is 1. The van der Waals surface area contributed by atoms with Crippen molar-refractivity contribution in [3.8, 4) is 0 Å². The molecule has 0 saturated carbocycles. The largest absolute Gasteiger partial charge is 0.369 e. The first-order chi connectivity index (χ1) is 8.88. The van der Waals surface area contributed by atoms with Crippen LogP contribution in [0.2, 0.25) is 0 Å². The monoisotopic (exact) mass is 285 g/mol. The summed E-state index contributed by atoms with van der Waals surface area (Å²) in [7, 11) is -3.57. The summed E-state index contributed by atoms with van der Waals surface area (Å²) in [5.74, 6) is 0.395. The van der Waals surface area contributed by atoms with E-state index in [2.05, 4.69) is 15.0 Å². The zero-order valence-electron chi connectivity index (χ0n) is 12.0.